The first kappa shape index (κ1) is 18.2. The van der Waals surface area contributed by atoms with Crippen molar-refractivity contribution >= 4 is 29.3 Å². The van der Waals surface area contributed by atoms with Crippen molar-refractivity contribution in [1.29, 1.82) is 0 Å². The van der Waals surface area contributed by atoms with E-state index in [-0.39, 0.29) is 18.8 Å². The summed E-state index contributed by atoms with van der Waals surface area (Å²) in [5, 5.41) is 11.9. The number of amides is 2. The Labute approximate surface area is 155 Å². The molecule has 1 aliphatic rings. The zero-order valence-electron chi connectivity index (χ0n) is 14.1. The summed E-state index contributed by atoms with van der Waals surface area (Å²) in [7, 11) is 0. The third kappa shape index (κ3) is 4.50. The zero-order valence-corrected chi connectivity index (χ0v) is 14.9. The molecule has 0 aliphatic carbocycles. The molecule has 2 heterocycles. The van der Waals surface area contributed by atoms with Gasteiger partial charge in [-0.25, -0.2) is 0 Å². The molecule has 2 N–H and O–H groups in total. The molecule has 0 saturated carbocycles. The molecule has 134 valence electrons. The van der Waals surface area contributed by atoms with Crippen LogP contribution in [0.1, 0.15) is 5.69 Å². The minimum absolute atomic E-state index is 0.00515. The first-order chi connectivity index (χ1) is 12.7. The first-order valence-electron chi connectivity index (χ1n) is 8.25. The summed E-state index contributed by atoms with van der Waals surface area (Å²) >= 11 is 1.74. The van der Waals surface area contributed by atoms with E-state index in [1.807, 2.05) is 42.5 Å². The summed E-state index contributed by atoms with van der Waals surface area (Å²) in [4.78, 5) is 30.3. The average molecular weight is 369 g/mol. The SMILES string of the molecule is O=C1C=C(Nc2ccc(SCCc3ccccn3)cc2)C(=O)N1CCO. The number of aliphatic hydroxyl groups excluding tert-OH is 1. The Bertz CT molecular complexity index is 807. The number of pyridine rings is 1. The minimum atomic E-state index is -0.419. The van der Waals surface area contributed by atoms with E-state index >= 15 is 0 Å². The third-order valence-corrected chi connectivity index (χ3v) is 4.83. The number of nitrogens with one attached hydrogen (secondary N) is 1. The Morgan fingerprint density at radius 1 is 1.12 bits per heavy atom. The average Bonchev–Trinajstić information content (AvgIpc) is 2.92. The highest BCUT2D eigenvalue weighted by Crippen LogP contribution is 2.23. The summed E-state index contributed by atoms with van der Waals surface area (Å²) in [5.74, 6) is 0.101. The van der Waals surface area contributed by atoms with Crippen LogP contribution in [0.3, 0.4) is 0 Å². The lowest BCUT2D eigenvalue weighted by Crippen LogP contribution is -2.34. The fourth-order valence-electron chi connectivity index (χ4n) is 2.52. The summed E-state index contributed by atoms with van der Waals surface area (Å²) in [6, 6.07) is 13.6. The van der Waals surface area contributed by atoms with Crippen LogP contribution in [0.2, 0.25) is 0 Å². The van der Waals surface area contributed by atoms with Crippen LogP contribution in [0.15, 0.2) is 65.3 Å². The number of aromatic nitrogens is 1. The van der Waals surface area contributed by atoms with Crippen LogP contribution >= 0.6 is 11.8 Å². The van der Waals surface area contributed by atoms with Crippen LogP contribution in [0.4, 0.5) is 5.69 Å². The molecular formula is C19H19N3O3S. The maximum Gasteiger partial charge on any atom is 0.277 e. The standard InChI is InChI=1S/C19H19N3O3S/c23-11-10-22-18(24)13-17(19(22)25)21-15-4-6-16(7-5-15)26-12-8-14-3-1-2-9-20-14/h1-7,9,13,21,23H,8,10-12H2. The van der Waals surface area contributed by atoms with Crippen molar-refractivity contribution in [2.45, 2.75) is 11.3 Å². The summed E-state index contributed by atoms with van der Waals surface area (Å²) in [6.45, 7) is -0.242. The van der Waals surface area contributed by atoms with Crippen LogP contribution in [0.25, 0.3) is 0 Å². The van der Waals surface area contributed by atoms with Crippen molar-refractivity contribution in [3.63, 3.8) is 0 Å². The molecule has 2 aromatic rings. The number of imide groups is 1. The van der Waals surface area contributed by atoms with Crippen LogP contribution in [-0.2, 0) is 16.0 Å². The fraction of sp³-hybridized carbons (Fsp3) is 0.211. The first-order valence-corrected chi connectivity index (χ1v) is 9.24. The van der Waals surface area contributed by atoms with Crippen LogP contribution < -0.4 is 5.32 Å². The van der Waals surface area contributed by atoms with E-state index < -0.39 is 11.8 Å². The molecule has 3 rings (SSSR count). The number of carbonyl (C=O) groups excluding carboxylic acids is 2. The Balaban J connectivity index is 1.52. The molecule has 0 spiro atoms. The number of thioether (sulfide) groups is 1. The van der Waals surface area contributed by atoms with Gasteiger partial charge in [-0.05, 0) is 42.8 Å². The molecule has 1 aromatic heterocycles. The predicted octanol–water partition coefficient (Wildman–Crippen LogP) is 2.07. The monoisotopic (exact) mass is 369 g/mol. The highest BCUT2D eigenvalue weighted by atomic mass is 32.2. The van der Waals surface area contributed by atoms with Crippen LogP contribution in [0.5, 0.6) is 0 Å². The lowest BCUT2D eigenvalue weighted by Gasteiger charge is -2.13. The molecule has 0 fully saturated rings. The van der Waals surface area contributed by atoms with E-state index in [1.54, 1.807) is 18.0 Å². The highest BCUT2D eigenvalue weighted by Gasteiger charge is 2.30. The van der Waals surface area contributed by atoms with E-state index in [4.69, 9.17) is 5.11 Å². The van der Waals surface area contributed by atoms with Crippen molar-refractivity contribution < 1.29 is 14.7 Å². The van der Waals surface area contributed by atoms with Crippen LogP contribution in [-0.4, -0.2) is 45.7 Å². The zero-order chi connectivity index (χ0) is 18.4. The number of nitrogens with zero attached hydrogens (tertiary/aromatic N) is 2. The number of aliphatic hydroxyl groups is 1. The van der Waals surface area contributed by atoms with E-state index in [2.05, 4.69) is 10.3 Å². The summed E-state index contributed by atoms with van der Waals surface area (Å²) in [6.07, 6.45) is 3.95. The van der Waals surface area contributed by atoms with E-state index in [9.17, 15) is 9.59 Å². The van der Waals surface area contributed by atoms with E-state index in [0.717, 1.165) is 33.4 Å². The number of rotatable bonds is 8. The molecular weight excluding hydrogens is 350 g/mol. The van der Waals surface area contributed by atoms with Gasteiger partial charge in [-0.2, -0.15) is 0 Å². The Morgan fingerprint density at radius 2 is 1.92 bits per heavy atom. The van der Waals surface area contributed by atoms with Gasteiger partial charge in [0.15, 0.2) is 0 Å². The lowest BCUT2D eigenvalue weighted by atomic mass is 10.3. The van der Waals surface area contributed by atoms with Gasteiger partial charge in [0.1, 0.15) is 5.70 Å². The smallest absolute Gasteiger partial charge is 0.277 e. The van der Waals surface area contributed by atoms with Gasteiger partial charge in [-0.15, -0.1) is 11.8 Å². The predicted molar refractivity (Wildman–Crippen MR) is 101 cm³/mol. The highest BCUT2D eigenvalue weighted by molar-refractivity contribution is 7.99. The maximum absolute atomic E-state index is 12.1. The minimum Gasteiger partial charge on any atom is -0.395 e. The van der Waals surface area contributed by atoms with Gasteiger partial charge in [0, 0.05) is 34.3 Å². The molecule has 0 radical (unpaired) electrons. The van der Waals surface area contributed by atoms with Gasteiger partial charge < -0.3 is 10.4 Å². The molecule has 0 bridgehead atoms. The maximum atomic E-state index is 12.1. The second-order valence-corrected chi connectivity index (χ2v) is 6.81. The van der Waals surface area contributed by atoms with E-state index in [0.29, 0.717) is 0 Å². The Kier molecular flexibility index (Phi) is 6.04. The fourth-order valence-corrected chi connectivity index (χ4v) is 3.39. The Hall–Kier alpha value is -2.64. The number of β-amino-alcohol motifs (C(OH)–C–C–N with tert-alkyl or cyclic N) is 1. The van der Waals surface area contributed by atoms with Gasteiger partial charge in [-0.3, -0.25) is 19.5 Å². The van der Waals surface area contributed by atoms with Gasteiger partial charge in [-0.1, -0.05) is 6.07 Å². The number of benzene rings is 1. The summed E-state index contributed by atoms with van der Waals surface area (Å²) in [5.41, 5.74) is 2.03. The molecule has 0 unspecified atom stereocenters. The number of anilines is 1. The van der Waals surface area contributed by atoms with E-state index in [1.165, 1.54) is 6.08 Å². The molecule has 26 heavy (non-hydrogen) atoms. The molecule has 0 saturated heterocycles. The Morgan fingerprint density at radius 3 is 2.62 bits per heavy atom. The molecule has 0 atom stereocenters. The third-order valence-electron chi connectivity index (χ3n) is 3.82. The number of hydrogen-bond acceptors (Lipinski definition) is 6. The topological polar surface area (TPSA) is 82.5 Å². The number of carbonyl (C=O) groups is 2. The normalized spacial score (nSPS) is 13.9. The van der Waals surface area contributed by atoms with Gasteiger partial charge in [0.25, 0.3) is 11.8 Å². The molecule has 6 nitrogen and oxygen atoms in total. The second kappa shape index (κ2) is 8.64. The second-order valence-electron chi connectivity index (χ2n) is 5.65. The quantitative estimate of drug-likeness (QED) is 0.548. The van der Waals surface area contributed by atoms with Crippen molar-refractivity contribution in [3.8, 4) is 0 Å². The van der Waals surface area contributed by atoms with Crippen LogP contribution in [0, 0.1) is 0 Å². The van der Waals surface area contributed by atoms with Crippen molar-refractivity contribution in [2.75, 3.05) is 24.2 Å². The lowest BCUT2D eigenvalue weighted by molar-refractivity contribution is -0.137. The number of aryl methyl sites for hydroxylation is 1. The van der Waals surface area contributed by atoms with Crippen molar-refractivity contribution in [3.05, 3.63) is 66.1 Å². The van der Waals surface area contributed by atoms with Gasteiger partial charge >= 0.3 is 0 Å². The number of hydrogen-bond donors (Lipinski definition) is 2. The molecule has 2 amide bonds. The van der Waals surface area contributed by atoms with Gasteiger partial charge in [0.05, 0.1) is 13.2 Å². The molecule has 1 aromatic carbocycles. The van der Waals surface area contributed by atoms with Crippen molar-refractivity contribution in [1.82, 2.24) is 9.88 Å². The van der Waals surface area contributed by atoms with Crippen molar-refractivity contribution in [2.24, 2.45) is 0 Å². The van der Waals surface area contributed by atoms with Gasteiger partial charge in [0.2, 0.25) is 0 Å². The summed E-state index contributed by atoms with van der Waals surface area (Å²) < 4.78 is 0. The molecule has 7 heteroatoms. The largest absolute Gasteiger partial charge is 0.395 e. The molecule has 1 aliphatic heterocycles.